The van der Waals surface area contributed by atoms with E-state index in [4.69, 9.17) is 14.5 Å². The van der Waals surface area contributed by atoms with Crippen LogP contribution >= 0.6 is 22.7 Å². The zero-order chi connectivity index (χ0) is 18.9. The SMILES string of the molecule is COc1cc(-c2cccs2)cc2c1OCCN(Cc1nc3ccccc3s1)C2. The van der Waals surface area contributed by atoms with E-state index in [1.807, 2.05) is 6.07 Å². The molecule has 0 bridgehead atoms. The van der Waals surface area contributed by atoms with Gasteiger partial charge < -0.3 is 9.47 Å². The Kier molecular flexibility index (Phi) is 4.76. The fourth-order valence-corrected chi connectivity index (χ4v) is 5.31. The number of hydrogen-bond donors (Lipinski definition) is 0. The summed E-state index contributed by atoms with van der Waals surface area (Å²) in [6, 6.07) is 16.9. The molecular weight excluding hydrogens is 388 g/mol. The Morgan fingerprint density at radius 1 is 1.18 bits per heavy atom. The molecule has 0 aliphatic carbocycles. The van der Waals surface area contributed by atoms with Gasteiger partial charge in [0.15, 0.2) is 11.5 Å². The van der Waals surface area contributed by atoms with Crippen LogP contribution < -0.4 is 9.47 Å². The minimum Gasteiger partial charge on any atom is -0.493 e. The summed E-state index contributed by atoms with van der Waals surface area (Å²) in [5.74, 6) is 1.68. The van der Waals surface area contributed by atoms with Crippen LogP contribution in [-0.2, 0) is 13.1 Å². The molecule has 0 amide bonds. The first-order valence-electron chi connectivity index (χ1n) is 9.24. The fourth-order valence-electron chi connectivity index (χ4n) is 3.59. The van der Waals surface area contributed by atoms with Crippen LogP contribution in [0.15, 0.2) is 53.9 Å². The molecule has 0 N–H and O–H groups in total. The maximum absolute atomic E-state index is 6.09. The predicted octanol–water partition coefficient (Wildman–Crippen LogP) is 5.43. The summed E-state index contributed by atoms with van der Waals surface area (Å²) >= 11 is 3.51. The topological polar surface area (TPSA) is 34.6 Å². The van der Waals surface area contributed by atoms with Crippen molar-refractivity contribution in [1.82, 2.24) is 9.88 Å². The van der Waals surface area contributed by atoms with E-state index >= 15 is 0 Å². The van der Waals surface area contributed by atoms with E-state index < -0.39 is 0 Å². The van der Waals surface area contributed by atoms with E-state index in [0.29, 0.717) is 6.61 Å². The molecule has 2 aromatic carbocycles. The van der Waals surface area contributed by atoms with Gasteiger partial charge in [0.2, 0.25) is 0 Å². The van der Waals surface area contributed by atoms with Crippen molar-refractivity contribution in [3.05, 3.63) is 64.5 Å². The Bertz CT molecular complexity index is 1070. The monoisotopic (exact) mass is 408 g/mol. The van der Waals surface area contributed by atoms with Crippen LogP contribution in [0.25, 0.3) is 20.7 Å². The fraction of sp³-hybridized carbons (Fsp3) is 0.227. The smallest absolute Gasteiger partial charge is 0.165 e. The summed E-state index contributed by atoms with van der Waals surface area (Å²) in [4.78, 5) is 8.44. The molecule has 2 aromatic heterocycles. The number of ether oxygens (including phenoxy) is 2. The van der Waals surface area contributed by atoms with Crippen molar-refractivity contribution < 1.29 is 9.47 Å². The third-order valence-electron chi connectivity index (χ3n) is 4.90. The number of thiazole rings is 1. The number of benzene rings is 2. The van der Waals surface area contributed by atoms with Gasteiger partial charge in [-0.15, -0.1) is 22.7 Å². The molecule has 4 aromatic rings. The summed E-state index contributed by atoms with van der Waals surface area (Å²) in [5, 5.41) is 3.25. The van der Waals surface area contributed by atoms with Crippen molar-refractivity contribution in [3.8, 4) is 21.9 Å². The first-order valence-corrected chi connectivity index (χ1v) is 10.9. The molecule has 0 unspecified atom stereocenters. The highest BCUT2D eigenvalue weighted by molar-refractivity contribution is 7.18. The Balaban J connectivity index is 1.46. The largest absolute Gasteiger partial charge is 0.493 e. The van der Waals surface area contributed by atoms with E-state index in [-0.39, 0.29) is 0 Å². The molecule has 6 heteroatoms. The van der Waals surface area contributed by atoms with Crippen LogP contribution in [0.5, 0.6) is 11.5 Å². The van der Waals surface area contributed by atoms with Crippen molar-refractivity contribution in [2.45, 2.75) is 13.1 Å². The lowest BCUT2D eigenvalue weighted by Gasteiger charge is -2.18. The number of methoxy groups -OCH3 is 1. The second kappa shape index (κ2) is 7.54. The van der Waals surface area contributed by atoms with Gasteiger partial charge in [0.25, 0.3) is 0 Å². The number of fused-ring (bicyclic) bond motifs is 2. The predicted molar refractivity (Wildman–Crippen MR) is 116 cm³/mol. The van der Waals surface area contributed by atoms with E-state index in [9.17, 15) is 0 Å². The van der Waals surface area contributed by atoms with Gasteiger partial charge in [-0.3, -0.25) is 4.90 Å². The summed E-state index contributed by atoms with van der Waals surface area (Å²) in [6.45, 7) is 3.16. The molecule has 0 spiro atoms. The van der Waals surface area contributed by atoms with Gasteiger partial charge in [-0.25, -0.2) is 4.98 Å². The Labute approximate surface area is 172 Å². The second-order valence-electron chi connectivity index (χ2n) is 6.78. The van der Waals surface area contributed by atoms with Gasteiger partial charge in [-0.1, -0.05) is 18.2 Å². The quantitative estimate of drug-likeness (QED) is 0.451. The molecule has 142 valence electrons. The molecule has 1 aliphatic heterocycles. The van der Waals surface area contributed by atoms with Gasteiger partial charge >= 0.3 is 0 Å². The molecule has 0 radical (unpaired) electrons. The van der Waals surface area contributed by atoms with E-state index in [1.165, 1.54) is 20.7 Å². The summed E-state index contributed by atoms with van der Waals surface area (Å²) in [6.07, 6.45) is 0. The Morgan fingerprint density at radius 3 is 2.93 bits per heavy atom. The molecule has 1 aliphatic rings. The molecule has 0 fully saturated rings. The molecule has 4 nitrogen and oxygen atoms in total. The highest BCUT2D eigenvalue weighted by atomic mass is 32.1. The molecule has 0 atom stereocenters. The van der Waals surface area contributed by atoms with Crippen molar-refractivity contribution in [2.75, 3.05) is 20.3 Å². The number of para-hydroxylation sites is 1. The second-order valence-corrected chi connectivity index (χ2v) is 8.84. The summed E-state index contributed by atoms with van der Waals surface area (Å²) in [7, 11) is 1.71. The first-order chi connectivity index (χ1) is 13.8. The molecule has 3 heterocycles. The lowest BCUT2D eigenvalue weighted by molar-refractivity contribution is 0.217. The zero-order valence-electron chi connectivity index (χ0n) is 15.6. The van der Waals surface area contributed by atoms with Crippen molar-refractivity contribution in [2.24, 2.45) is 0 Å². The highest BCUT2D eigenvalue weighted by Gasteiger charge is 2.21. The van der Waals surface area contributed by atoms with Crippen molar-refractivity contribution >= 4 is 32.9 Å². The highest BCUT2D eigenvalue weighted by Crippen LogP contribution is 2.39. The van der Waals surface area contributed by atoms with Crippen LogP contribution in [0.2, 0.25) is 0 Å². The molecule has 0 saturated carbocycles. The van der Waals surface area contributed by atoms with E-state index in [1.54, 1.807) is 29.8 Å². The maximum Gasteiger partial charge on any atom is 0.165 e. The van der Waals surface area contributed by atoms with Crippen LogP contribution in [0.3, 0.4) is 0 Å². The number of rotatable bonds is 4. The number of thiophene rings is 1. The number of aromatic nitrogens is 1. The maximum atomic E-state index is 6.09. The minimum absolute atomic E-state index is 0.645. The van der Waals surface area contributed by atoms with Crippen molar-refractivity contribution in [3.63, 3.8) is 0 Å². The van der Waals surface area contributed by atoms with E-state index in [2.05, 4.69) is 52.7 Å². The van der Waals surface area contributed by atoms with Gasteiger partial charge in [0.05, 0.1) is 23.9 Å². The van der Waals surface area contributed by atoms with E-state index in [0.717, 1.165) is 41.7 Å². The van der Waals surface area contributed by atoms with Crippen molar-refractivity contribution in [1.29, 1.82) is 0 Å². The van der Waals surface area contributed by atoms with Crippen LogP contribution in [0, 0.1) is 0 Å². The normalized spacial score (nSPS) is 14.5. The lowest BCUT2D eigenvalue weighted by atomic mass is 10.1. The van der Waals surface area contributed by atoms with Crippen LogP contribution in [0.1, 0.15) is 10.6 Å². The lowest BCUT2D eigenvalue weighted by Crippen LogP contribution is -2.25. The van der Waals surface area contributed by atoms with Gasteiger partial charge in [-0.2, -0.15) is 0 Å². The average molecular weight is 409 g/mol. The third kappa shape index (κ3) is 3.39. The molecular formula is C22H20N2O2S2. The van der Waals surface area contributed by atoms with Gasteiger partial charge in [0, 0.05) is 23.5 Å². The van der Waals surface area contributed by atoms with Crippen LogP contribution in [-0.4, -0.2) is 30.1 Å². The first kappa shape index (κ1) is 17.7. The number of hydrogen-bond acceptors (Lipinski definition) is 6. The Morgan fingerprint density at radius 2 is 2.11 bits per heavy atom. The average Bonchev–Trinajstić information content (AvgIpc) is 3.33. The Hall–Kier alpha value is -2.41. The standard InChI is InChI=1S/C22H20N2O2S2/c1-25-18-12-15(19-7-4-10-27-19)11-16-13-24(8-9-26-22(16)18)14-21-23-17-5-2-3-6-20(17)28-21/h2-7,10-12H,8-9,13-14H2,1H3. The number of nitrogens with zero attached hydrogens (tertiary/aromatic N) is 2. The minimum atomic E-state index is 0.645. The molecule has 0 saturated heterocycles. The molecule has 28 heavy (non-hydrogen) atoms. The summed E-state index contributed by atoms with van der Waals surface area (Å²) in [5.41, 5.74) is 3.42. The third-order valence-corrected chi connectivity index (χ3v) is 6.84. The molecule has 5 rings (SSSR count). The summed E-state index contributed by atoms with van der Waals surface area (Å²) < 4.78 is 13.0. The zero-order valence-corrected chi connectivity index (χ0v) is 17.2. The van der Waals surface area contributed by atoms with Gasteiger partial charge in [-0.05, 0) is 41.3 Å². The van der Waals surface area contributed by atoms with Gasteiger partial charge in [0.1, 0.15) is 11.6 Å². The van der Waals surface area contributed by atoms with Crippen LogP contribution in [0.4, 0.5) is 0 Å².